The summed E-state index contributed by atoms with van der Waals surface area (Å²) < 4.78 is 30.2. The largest absolute Gasteiger partial charge is 0.440 e. The number of alkyl halides is 1. The van der Waals surface area contributed by atoms with E-state index in [0.29, 0.717) is 18.4 Å². The Labute approximate surface area is 174 Å². The Morgan fingerprint density at radius 1 is 1.25 bits per heavy atom. The maximum absolute atomic E-state index is 12.7. The summed E-state index contributed by atoms with van der Waals surface area (Å²) in [5.41, 5.74) is -0.805. The highest BCUT2D eigenvalue weighted by molar-refractivity contribution is 9.09. The van der Waals surface area contributed by atoms with E-state index < -0.39 is 21.8 Å². The first-order valence-electron chi connectivity index (χ1n) is 9.09. The maximum atomic E-state index is 12.7. The second kappa shape index (κ2) is 9.82. The van der Waals surface area contributed by atoms with Crippen molar-refractivity contribution in [2.75, 3.05) is 24.2 Å². The molecule has 0 bridgehead atoms. The molecule has 1 aliphatic rings. The monoisotopic (exact) mass is 475 g/mol. The number of likely N-dealkylation sites (tertiary alicyclic amines) is 1. The number of rotatable bonds is 9. The van der Waals surface area contributed by atoms with Gasteiger partial charge in [-0.3, -0.25) is 9.69 Å². The Morgan fingerprint density at radius 2 is 1.86 bits per heavy atom. The average Bonchev–Trinajstić information content (AvgIpc) is 3.21. The van der Waals surface area contributed by atoms with Crippen LogP contribution in [0.5, 0.6) is 0 Å². The van der Waals surface area contributed by atoms with Crippen molar-refractivity contribution in [1.82, 2.24) is 9.31 Å². The number of amides is 1. The van der Waals surface area contributed by atoms with Gasteiger partial charge < -0.3 is 4.74 Å². The Hall–Kier alpha value is -1.49. The van der Waals surface area contributed by atoms with Crippen LogP contribution in [0.3, 0.4) is 0 Å². The SMILES string of the molecule is CC(=O)C(Cc1ccccc1)(OC(=O)N(N)S(=O)(=O)CCCBr)N1CCCC1. The Bertz CT molecular complexity index is 784. The van der Waals surface area contributed by atoms with Crippen LogP contribution in [-0.4, -0.2) is 59.5 Å². The van der Waals surface area contributed by atoms with Crippen molar-refractivity contribution >= 4 is 37.8 Å². The highest BCUT2D eigenvalue weighted by Gasteiger charge is 2.48. The number of hydrogen-bond acceptors (Lipinski definition) is 7. The summed E-state index contributed by atoms with van der Waals surface area (Å²) in [5.74, 6) is 4.88. The molecule has 28 heavy (non-hydrogen) atoms. The summed E-state index contributed by atoms with van der Waals surface area (Å²) in [6.45, 7) is 2.48. The van der Waals surface area contributed by atoms with Crippen molar-refractivity contribution in [2.24, 2.45) is 5.84 Å². The van der Waals surface area contributed by atoms with Crippen LogP contribution in [0.4, 0.5) is 4.79 Å². The molecule has 0 spiro atoms. The van der Waals surface area contributed by atoms with Gasteiger partial charge in [-0.2, -0.15) is 0 Å². The fourth-order valence-corrected chi connectivity index (χ4v) is 4.84. The van der Waals surface area contributed by atoms with E-state index in [2.05, 4.69) is 15.9 Å². The molecule has 156 valence electrons. The van der Waals surface area contributed by atoms with Crippen molar-refractivity contribution < 1.29 is 22.7 Å². The van der Waals surface area contributed by atoms with Gasteiger partial charge in [-0.25, -0.2) is 19.1 Å². The molecule has 2 N–H and O–H groups in total. The number of hydrazine groups is 1. The molecule has 1 unspecified atom stereocenters. The predicted molar refractivity (Wildman–Crippen MR) is 109 cm³/mol. The summed E-state index contributed by atoms with van der Waals surface area (Å²) in [5, 5.41) is 0.453. The van der Waals surface area contributed by atoms with E-state index in [-0.39, 0.29) is 28.8 Å². The van der Waals surface area contributed by atoms with Crippen LogP contribution in [0.15, 0.2) is 30.3 Å². The normalized spacial score (nSPS) is 17.1. The summed E-state index contributed by atoms with van der Waals surface area (Å²) in [4.78, 5) is 27.1. The molecule has 1 saturated heterocycles. The first-order chi connectivity index (χ1) is 13.2. The van der Waals surface area contributed by atoms with Crippen molar-refractivity contribution in [3.63, 3.8) is 0 Å². The molecular weight excluding hydrogens is 450 g/mol. The lowest BCUT2D eigenvalue weighted by molar-refractivity contribution is -0.158. The smallest absolute Gasteiger partial charge is 0.418 e. The van der Waals surface area contributed by atoms with Gasteiger partial charge in [0.05, 0.1) is 5.75 Å². The quantitative estimate of drug-likeness (QED) is 0.251. The lowest BCUT2D eigenvalue weighted by atomic mass is 9.97. The van der Waals surface area contributed by atoms with E-state index in [9.17, 15) is 18.0 Å². The van der Waals surface area contributed by atoms with Crippen molar-refractivity contribution in [3.05, 3.63) is 35.9 Å². The van der Waals surface area contributed by atoms with Crippen LogP contribution in [-0.2, 0) is 26.0 Å². The topological polar surface area (TPSA) is 110 Å². The van der Waals surface area contributed by atoms with E-state index >= 15 is 0 Å². The number of halogens is 1. The van der Waals surface area contributed by atoms with Gasteiger partial charge in [0, 0.05) is 31.8 Å². The summed E-state index contributed by atoms with van der Waals surface area (Å²) in [6, 6.07) is 9.15. The van der Waals surface area contributed by atoms with E-state index in [4.69, 9.17) is 10.6 Å². The molecule has 1 aliphatic heterocycles. The third-order valence-electron chi connectivity index (χ3n) is 4.73. The number of sulfonamides is 1. The predicted octanol–water partition coefficient (Wildman–Crippen LogP) is 2.04. The number of carbonyl (C=O) groups excluding carboxylic acids is 2. The number of nitrogens with two attached hydrogens (primary N) is 1. The molecule has 1 aromatic rings. The van der Waals surface area contributed by atoms with E-state index in [0.717, 1.165) is 18.4 Å². The molecule has 0 aliphatic carbocycles. The van der Waals surface area contributed by atoms with Gasteiger partial charge in [0.25, 0.3) is 10.0 Å². The van der Waals surface area contributed by atoms with Gasteiger partial charge in [-0.15, -0.1) is 4.41 Å². The van der Waals surface area contributed by atoms with Crippen molar-refractivity contribution in [3.8, 4) is 0 Å². The summed E-state index contributed by atoms with van der Waals surface area (Å²) in [6.07, 6.45) is 0.864. The Balaban J connectivity index is 2.33. The molecule has 10 heteroatoms. The molecule has 0 saturated carbocycles. The first-order valence-corrected chi connectivity index (χ1v) is 11.8. The minimum absolute atomic E-state index is 0.106. The highest BCUT2D eigenvalue weighted by atomic mass is 79.9. The molecule has 8 nitrogen and oxygen atoms in total. The van der Waals surface area contributed by atoms with Crippen LogP contribution in [0.25, 0.3) is 0 Å². The van der Waals surface area contributed by atoms with Gasteiger partial charge in [0.15, 0.2) is 5.78 Å². The number of ether oxygens (including phenoxy) is 1. The Morgan fingerprint density at radius 3 is 2.39 bits per heavy atom. The lowest BCUT2D eigenvalue weighted by Crippen LogP contribution is -2.60. The third kappa shape index (κ3) is 5.31. The van der Waals surface area contributed by atoms with Crippen LogP contribution in [0, 0.1) is 0 Å². The summed E-state index contributed by atoms with van der Waals surface area (Å²) in [7, 11) is -4.04. The number of hydrogen-bond donors (Lipinski definition) is 1. The van der Waals surface area contributed by atoms with Crippen molar-refractivity contribution in [2.45, 2.75) is 38.3 Å². The molecule has 1 amide bonds. The van der Waals surface area contributed by atoms with Gasteiger partial charge >= 0.3 is 6.09 Å². The van der Waals surface area contributed by atoms with Gasteiger partial charge in [-0.05, 0) is 24.8 Å². The molecule has 1 aromatic carbocycles. The zero-order valence-corrected chi connectivity index (χ0v) is 18.2. The summed E-state index contributed by atoms with van der Waals surface area (Å²) >= 11 is 3.15. The fraction of sp³-hybridized carbons (Fsp3) is 0.556. The number of carbonyl (C=O) groups is 2. The van der Waals surface area contributed by atoms with Crippen LogP contribution >= 0.6 is 15.9 Å². The van der Waals surface area contributed by atoms with Gasteiger partial charge in [0.2, 0.25) is 5.72 Å². The zero-order chi connectivity index (χ0) is 20.8. The molecule has 1 heterocycles. The zero-order valence-electron chi connectivity index (χ0n) is 15.8. The lowest BCUT2D eigenvalue weighted by Gasteiger charge is -2.39. The maximum Gasteiger partial charge on any atom is 0.440 e. The Kier molecular flexibility index (Phi) is 7.99. The second-order valence-electron chi connectivity index (χ2n) is 6.72. The molecule has 0 radical (unpaired) electrons. The van der Waals surface area contributed by atoms with E-state index in [1.807, 2.05) is 30.3 Å². The van der Waals surface area contributed by atoms with E-state index in [1.54, 1.807) is 4.90 Å². The molecule has 1 fully saturated rings. The number of Topliss-reactive ketones (excluding diaryl/α,β-unsaturated/α-hetero) is 1. The second-order valence-corrected chi connectivity index (χ2v) is 9.48. The molecule has 0 aromatic heterocycles. The van der Waals surface area contributed by atoms with Crippen LogP contribution in [0.1, 0.15) is 31.7 Å². The molecule has 2 rings (SSSR count). The first kappa shape index (κ1) is 22.8. The average molecular weight is 476 g/mol. The third-order valence-corrected chi connectivity index (χ3v) is 6.84. The van der Waals surface area contributed by atoms with Crippen LogP contribution < -0.4 is 5.84 Å². The van der Waals surface area contributed by atoms with Crippen LogP contribution in [0.2, 0.25) is 0 Å². The van der Waals surface area contributed by atoms with Gasteiger partial charge in [0.1, 0.15) is 0 Å². The van der Waals surface area contributed by atoms with E-state index in [1.165, 1.54) is 6.92 Å². The number of nitrogens with zero attached hydrogens (tertiary/aromatic N) is 2. The van der Waals surface area contributed by atoms with Gasteiger partial charge in [-0.1, -0.05) is 46.3 Å². The molecule has 1 atom stereocenters. The highest BCUT2D eigenvalue weighted by Crippen LogP contribution is 2.29. The number of benzene rings is 1. The fourth-order valence-electron chi connectivity index (χ4n) is 3.22. The number of ketones is 1. The molecular formula is C18H26BrN3O5S. The standard InChI is InChI=1S/C18H26BrN3O5S/c1-15(23)18(21-11-5-6-12-21,14-16-8-3-2-4-9-16)27-17(24)22(20)28(25,26)13-7-10-19/h2-4,8-9H,5-7,10-14,20H2,1H3. The minimum atomic E-state index is -4.04. The van der Waals surface area contributed by atoms with Crippen molar-refractivity contribution in [1.29, 1.82) is 0 Å². The minimum Gasteiger partial charge on any atom is -0.418 e.